The molecule has 7 heteroatoms. The van der Waals surface area contributed by atoms with E-state index < -0.39 is 10.0 Å². The van der Waals surface area contributed by atoms with E-state index in [1.54, 1.807) is 35.2 Å². The molecule has 0 unspecified atom stereocenters. The molecule has 1 heterocycles. The zero-order valence-electron chi connectivity index (χ0n) is 11.4. The Kier molecular flexibility index (Phi) is 5.06. The summed E-state index contributed by atoms with van der Waals surface area (Å²) in [6, 6.07) is 8.41. The number of sulfonamides is 1. The van der Waals surface area contributed by atoms with Gasteiger partial charge in [0.15, 0.2) is 0 Å². The Hall–Kier alpha value is -1.05. The summed E-state index contributed by atoms with van der Waals surface area (Å²) in [6.07, 6.45) is 1.88. The normalized spacial score (nSPS) is 17.1. The fourth-order valence-corrected chi connectivity index (χ4v) is 4.01. The molecular formula is C13H18N2O3S2. The van der Waals surface area contributed by atoms with Crippen LogP contribution >= 0.6 is 11.8 Å². The minimum Gasteiger partial charge on any atom is -0.339 e. The maximum atomic E-state index is 12.4. The Morgan fingerprint density at radius 3 is 2.30 bits per heavy atom. The molecular weight excluding hydrogens is 296 g/mol. The van der Waals surface area contributed by atoms with Crippen LogP contribution in [0.5, 0.6) is 0 Å². The van der Waals surface area contributed by atoms with Crippen LogP contribution in [-0.2, 0) is 14.8 Å². The highest BCUT2D eigenvalue weighted by molar-refractivity contribution is 7.99. The van der Waals surface area contributed by atoms with E-state index in [2.05, 4.69) is 0 Å². The summed E-state index contributed by atoms with van der Waals surface area (Å²) in [5.74, 6) is 0.528. The highest BCUT2D eigenvalue weighted by Gasteiger charge is 2.29. The number of carbonyl (C=O) groups excluding carboxylic acids is 1. The molecule has 1 fully saturated rings. The number of thioether (sulfide) groups is 1. The van der Waals surface area contributed by atoms with Gasteiger partial charge >= 0.3 is 0 Å². The molecule has 0 spiro atoms. The van der Waals surface area contributed by atoms with Crippen molar-refractivity contribution in [1.29, 1.82) is 0 Å². The van der Waals surface area contributed by atoms with Gasteiger partial charge in [-0.25, -0.2) is 8.42 Å². The maximum absolute atomic E-state index is 12.4. The first-order valence-electron chi connectivity index (χ1n) is 6.37. The lowest BCUT2D eigenvalue weighted by Gasteiger charge is -2.33. The molecule has 110 valence electrons. The molecule has 5 nitrogen and oxygen atoms in total. The van der Waals surface area contributed by atoms with Gasteiger partial charge in [-0.3, -0.25) is 4.79 Å². The first-order chi connectivity index (χ1) is 9.55. The zero-order chi connectivity index (χ0) is 14.6. The molecule has 20 heavy (non-hydrogen) atoms. The summed E-state index contributed by atoms with van der Waals surface area (Å²) in [6.45, 7) is 1.64. The number of rotatable bonds is 4. The molecule has 1 aromatic rings. The number of piperazine rings is 1. The molecule has 0 N–H and O–H groups in total. The Morgan fingerprint density at radius 1 is 1.15 bits per heavy atom. The zero-order valence-corrected chi connectivity index (χ0v) is 13.0. The fourth-order valence-electron chi connectivity index (χ4n) is 2.13. The van der Waals surface area contributed by atoms with Gasteiger partial charge in [-0.15, -0.1) is 0 Å². The average Bonchev–Trinajstić information content (AvgIpc) is 2.48. The lowest BCUT2D eigenvalue weighted by molar-refractivity contribution is -0.129. The van der Waals surface area contributed by atoms with Gasteiger partial charge in [0.05, 0.1) is 10.6 Å². The van der Waals surface area contributed by atoms with Crippen molar-refractivity contribution in [3.63, 3.8) is 0 Å². The monoisotopic (exact) mass is 314 g/mol. The lowest BCUT2D eigenvalue weighted by Crippen LogP contribution is -2.50. The topological polar surface area (TPSA) is 57.7 Å². The van der Waals surface area contributed by atoms with Crippen LogP contribution in [0.15, 0.2) is 35.2 Å². The molecule has 1 aliphatic rings. The van der Waals surface area contributed by atoms with E-state index in [0.717, 1.165) is 0 Å². The Morgan fingerprint density at radius 2 is 1.75 bits per heavy atom. The van der Waals surface area contributed by atoms with Gasteiger partial charge in [0.2, 0.25) is 15.9 Å². The van der Waals surface area contributed by atoms with Crippen molar-refractivity contribution in [1.82, 2.24) is 9.21 Å². The number of carbonyl (C=O) groups is 1. The van der Waals surface area contributed by atoms with Crippen molar-refractivity contribution >= 4 is 27.7 Å². The summed E-state index contributed by atoms with van der Waals surface area (Å²) in [4.78, 5) is 13.8. The first-order valence-corrected chi connectivity index (χ1v) is 9.21. The predicted octanol–water partition coefficient (Wildman–Crippen LogP) is 0.883. The van der Waals surface area contributed by atoms with Crippen molar-refractivity contribution in [2.45, 2.75) is 4.90 Å². The van der Waals surface area contributed by atoms with E-state index in [1.807, 2.05) is 6.26 Å². The number of amides is 1. The largest absolute Gasteiger partial charge is 0.339 e. The van der Waals surface area contributed by atoms with Crippen molar-refractivity contribution in [2.75, 3.05) is 38.2 Å². The van der Waals surface area contributed by atoms with E-state index in [0.29, 0.717) is 36.8 Å². The lowest BCUT2D eigenvalue weighted by atomic mass is 10.3. The summed E-state index contributed by atoms with van der Waals surface area (Å²) in [7, 11) is -3.43. The minimum absolute atomic E-state index is 0.0780. The molecule has 1 aromatic carbocycles. The van der Waals surface area contributed by atoms with E-state index in [1.165, 1.54) is 16.1 Å². The van der Waals surface area contributed by atoms with Crippen LogP contribution in [0, 0.1) is 0 Å². The van der Waals surface area contributed by atoms with Crippen LogP contribution in [0.4, 0.5) is 0 Å². The van der Waals surface area contributed by atoms with Crippen LogP contribution in [0.2, 0.25) is 0 Å². The third-order valence-electron chi connectivity index (χ3n) is 3.24. The Balaban J connectivity index is 2.02. The Bertz CT molecular complexity index is 552. The number of hydrogen-bond donors (Lipinski definition) is 0. The SMILES string of the molecule is CSCC(=O)N1CCN(S(=O)(=O)c2ccccc2)CC1. The first kappa shape index (κ1) is 15.3. The van der Waals surface area contributed by atoms with Crippen LogP contribution in [0.3, 0.4) is 0 Å². The molecule has 0 atom stereocenters. The highest BCUT2D eigenvalue weighted by Crippen LogP contribution is 2.17. The van der Waals surface area contributed by atoms with Crippen LogP contribution in [-0.4, -0.2) is 61.7 Å². The van der Waals surface area contributed by atoms with Gasteiger partial charge in [0, 0.05) is 26.2 Å². The summed E-state index contributed by atoms with van der Waals surface area (Å²) in [5, 5.41) is 0. The van der Waals surface area contributed by atoms with Crippen LogP contribution in [0.25, 0.3) is 0 Å². The van der Waals surface area contributed by atoms with Crippen molar-refractivity contribution < 1.29 is 13.2 Å². The molecule has 0 bridgehead atoms. The third kappa shape index (κ3) is 3.34. The predicted molar refractivity (Wildman–Crippen MR) is 80.2 cm³/mol. The number of hydrogen-bond acceptors (Lipinski definition) is 4. The molecule has 0 saturated carbocycles. The molecule has 0 aromatic heterocycles. The smallest absolute Gasteiger partial charge is 0.243 e. The van der Waals surface area contributed by atoms with E-state index in [-0.39, 0.29) is 5.91 Å². The van der Waals surface area contributed by atoms with Crippen molar-refractivity contribution in [3.8, 4) is 0 Å². The fraction of sp³-hybridized carbons (Fsp3) is 0.462. The Labute approximate surface area is 124 Å². The third-order valence-corrected chi connectivity index (χ3v) is 5.69. The van der Waals surface area contributed by atoms with Gasteiger partial charge < -0.3 is 4.90 Å². The quantitative estimate of drug-likeness (QED) is 0.828. The van der Waals surface area contributed by atoms with Gasteiger partial charge in [0.25, 0.3) is 0 Å². The number of nitrogens with zero attached hydrogens (tertiary/aromatic N) is 2. The summed E-state index contributed by atoms with van der Waals surface area (Å²) < 4.78 is 26.3. The van der Waals surface area contributed by atoms with Gasteiger partial charge in [-0.05, 0) is 18.4 Å². The van der Waals surface area contributed by atoms with E-state index >= 15 is 0 Å². The van der Waals surface area contributed by atoms with Gasteiger partial charge in [-0.1, -0.05) is 18.2 Å². The minimum atomic E-state index is -3.43. The second-order valence-corrected chi connectivity index (χ2v) is 7.33. The molecule has 2 rings (SSSR count). The van der Waals surface area contributed by atoms with E-state index in [9.17, 15) is 13.2 Å². The van der Waals surface area contributed by atoms with Gasteiger partial charge in [-0.2, -0.15) is 16.1 Å². The highest BCUT2D eigenvalue weighted by atomic mass is 32.2. The van der Waals surface area contributed by atoms with Crippen LogP contribution < -0.4 is 0 Å². The second-order valence-electron chi connectivity index (χ2n) is 4.53. The molecule has 0 aliphatic carbocycles. The summed E-state index contributed by atoms with van der Waals surface area (Å²) >= 11 is 1.48. The molecule has 0 radical (unpaired) electrons. The van der Waals surface area contributed by atoms with Crippen molar-refractivity contribution in [3.05, 3.63) is 30.3 Å². The van der Waals surface area contributed by atoms with Gasteiger partial charge in [0.1, 0.15) is 0 Å². The van der Waals surface area contributed by atoms with E-state index in [4.69, 9.17) is 0 Å². The standard InChI is InChI=1S/C13H18N2O3S2/c1-19-11-13(16)14-7-9-15(10-8-14)20(17,18)12-5-3-2-4-6-12/h2-6H,7-11H2,1H3. The number of benzene rings is 1. The molecule has 1 amide bonds. The summed E-state index contributed by atoms with van der Waals surface area (Å²) in [5.41, 5.74) is 0. The molecule has 1 aliphatic heterocycles. The van der Waals surface area contributed by atoms with Crippen LogP contribution in [0.1, 0.15) is 0 Å². The second kappa shape index (κ2) is 6.60. The average molecular weight is 314 g/mol. The maximum Gasteiger partial charge on any atom is 0.243 e. The molecule has 1 saturated heterocycles. The van der Waals surface area contributed by atoms with Crippen molar-refractivity contribution in [2.24, 2.45) is 0 Å².